The van der Waals surface area contributed by atoms with Gasteiger partial charge in [0, 0.05) is 17.5 Å². The summed E-state index contributed by atoms with van der Waals surface area (Å²) >= 11 is 1.28. The number of hydrogen-bond acceptors (Lipinski definition) is 6. The molecule has 1 aliphatic rings. The van der Waals surface area contributed by atoms with E-state index in [1.165, 1.54) is 17.4 Å². The Kier molecular flexibility index (Phi) is 8.80. The molecule has 2 amide bonds. The molecule has 184 valence electrons. The van der Waals surface area contributed by atoms with Gasteiger partial charge in [0.15, 0.2) is 11.6 Å². The van der Waals surface area contributed by atoms with Crippen LogP contribution in [0.4, 0.5) is 4.39 Å². The molecule has 0 saturated heterocycles. The molecule has 1 aliphatic carbocycles. The number of benzene rings is 2. The van der Waals surface area contributed by atoms with Crippen molar-refractivity contribution in [2.45, 2.75) is 51.0 Å². The number of para-hydroxylation sites is 1. The second-order valence-corrected chi connectivity index (χ2v) is 9.31. The first-order valence-corrected chi connectivity index (χ1v) is 12.5. The number of thiazole rings is 1. The Labute approximate surface area is 207 Å². The van der Waals surface area contributed by atoms with Crippen LogP contribution in [0.25, 0.3) is 0 Å². The number of carbonyl (C=O) groups excluding carboxylic acids is 2. The zero-order valence-corrected chi connectivity index (χ0v) is 20.1. The Balaban J connectivity index is 1.25. The largest absolute Gasteiger partial charge is 0.483 e. The van der Waals surface area contributed by atoms with Crippen LogP contribution in [0.15, 0.2) is 60.0 Å². The van der Waals surface area contributed by atoms with Crippen molar-refractivity contribution in [2.75, 3.05) is 6.61 Å². The molecular formula is C26H28FN3O4S. The van der Waals surface area contributed by atoms with E-state index < -0.39 is 5.82 Å². The fraction of sp³-hybridized carbons (Fsp3) is 0.346. The highest BCUT2D eigenvalue weighted by atomic mass is 32.1. The molecule has 9 heteroatoms. The number of aromatic nitrogens is 1. The maximum Gasteiger partial charge on any atom is 0.271 e. The predicted molar refractivity (Wildman–Crippen MR) is 131 cm³/mol. The predicted octanol–water partition coefficient (Wildman–Crippen LogP) is 4.24. The molecule has 4 rings (SSSR count). The van der Waals surface area contributed by atoms with Gasteiger partial charge in [-0.1, -0.05) is 55.3 Å². The van der Waals surface area contributed by atoms with Gasteiger partial charge in [0.25, 0.3) is 5.91 Å². The van der Waals surface area contributed by atoms with E-state index in [9.17, 15) is 14.0 Å². The smallest absolute Gasteiger partial charge is 0.271 e. The zero-order valence-electron chi connectivity index (χ0n) is 19.2. The molecule has 1 aromatic heterocycles. The highest BCUT2D eigenvalue weighted by Gasteiger charge is 2.28. The standard InChI is InChI=1S/C26H28FN3O4S/c27-19-10-4-7-13-23(19)34-16-25-29-22(17-35-25)26(32)30-21-12-6-5-11-20(21)28-24(31)15-33-14-18-8-2-1-3-9-18/h1-4,7-10,13,17,20-21H,5-6,11-12,14-16H2,(H,28,31)(H,30,32)/t20-,21-/m0/s1. The minimum atomic E-state index is -0.446. The first-order valence-electron chi connectivity index (χ1n) is 11.6. The van der Waals surface area contributed by atoms with Crippen LogP contribution in [0, 0.1) is 5.82 Å². The van der Waals surface area contributed by atoms with Crippen LogP contribution in [0.2, 0.25) is 0 Å². The Morgan fingerprint density at radius 1 is 0.971 bits per heavy atom. The van der Waals surface area contributed by atoms with Crippen LogP contribution in [0.1, 0.15) is 46.7 Å². The van der Waals surface area contributed by atoms with E-state index in [1.54, 1.807) is 23.6 Å². The van der Waals surface area contributed by atoms with E-state index in [0.29, 0.717) is 11.6 Å². The fourth-order valence-corrected chi connectivity index (χ4v) is 4.67. The highest BCUT2D eigenvalue weighted by molar-refractivity contribution is 7.09. The molecule has 1 fully saturated rings. The lowest BCUT2D eigenvalue weighted by Crippen LogP contribution is -2.53. The van der Waals surface area contributed by atoms with E-state index in [-0.39, 0.29) is 48.6 Å². The van der Waals surface area contributed by atoms with Crippen LogP contribution in [-0.2, 0) is 22.7 Å². The summed E-state index contributed by atoms with van der Waals surface area (Å²) in [5, 5.41) is 8.25. The maximum atomic E-state index is 13.7. The maximum absolute atomic E-state index is 13.7. The molecular weight excluding hydrogens is 469 g/mol. The molecule has 0 unspecified atom stereocenters. The molecule has 0 bridgehead atoms. The van der Waals surface area contributed by atoms with Crippen molar-refractivity contribution in [3.8, 4) is 5.75 Å². The molecule has 2 aromatic carbocycles. The third-order valence-corrected chi connectivity index (χ3v) is 6.57. The second-order valence-electron chi connectivity index (χ2n) is 8.36. The Morgan fingerprint density at radius 2 is 1.69 bits per heavy atom. The van der Waals surface area contributed by atoms with Gasteiger partial charge in [-0.05, 0) is 30.5 Å². The lowest BCUT2D eigenvalue weighted by Gasteiger charge is -2.32. The van der Waals surface area contributed by atoms with Crippen molar-refractivity contribution < 1.29 is 23.5 Å². The molecule has 0 radical (unpaired) electrons. The third-order valence-electron chi connectivity index (χ3n) is 5.75. The number of amides is 2. The van der Waals surface area contributed by atoms with E-state index in [1.807, 2.05) is 30.3 Å². The minimum Gasteiger partial charge on any atom is -0.483 e. The van der Waals surface area contributed by atoms with Crippen molar-refractivity contribution in [1.82, 2.24) is 15.6 Å². The number of nitrogens with zero attached hydrogens (tertiary/aromatic N) is 1. The van der Waals surface area contributed by atoms with Gasteiger partial charge in [0.2, 0.25) is 5.91 Å². The summed E-state index contributed by atoms with van der Waals surface area (Å²) in [5.41, 5.74) is 1.29. The van der Waals surface area contributed by atoms with Gasteiger partial charge in [0.1, 0.15) is 23.9 Å². The topological polar surface area (TPSA) is 89.6 Å². The van der Waals surface area contributed by atoms with Crippen LogP contribution < -0.4 is 15.4 Å². The number of rotatable bonds is 10. The molecule has 0 spiro atoms. The summed E-state index contributed by atoms with van der Waals surface area (Å²) in [7, 11) is 0. The molecule has 7 nitrogen and oxygen atoms in total. The van der Waals surface area contributed by atoms with Crippen LogP contribution in [-0.4, -0.2) is 35.5 Å². The molecule has 1 heterocycles. The Morgan fingerprint density at radius 3 is 2.46 bits per heavy atom. The lowest BCUT2D eigenvalue weighted by molar-refractivity contribution is -0.127. The normalized spacial score (nSPS) is 17.5. The molecule has 1 saturated carbocycles. The molecule has 0 aliphatic heterocycles. The third kappa shape index (κ3) is 7.34. The van der Waals surface area contributed by atoms with Crippen LogP contribution in [0.3, 0.4) is 0 Å². The first kappa shape index (κ1) is 24.8. The quantitative estimate of drug-likeness (QED) is 0.438. The molecule has 35 heavy (non-hydrogen) atoms. The fourth-order valence-electron chi connectivity index (χ4n) is 3.99. The van der Waals surface area contributed by atoms with Crippen molar-refractivity contribution >= 4 is 23.2 Å². The van der Waals surface area contributed by atoms with Gasteiger partial charge in [0.05, 0.1) is 6.61 Å². The van der Waals surface area contributed by atoms with Gasteiger partial charge < -0.3 is 20.1 Å². The van der Waals surface area contributed by atoms with Crippen molar-refractivity contribution in [3.63, 3.8) is 0 Å². The number of hydrogen-bond donors (Lipinski definition) is 2. The molecule has 2 atom stereocenters. The molecule has 2 N–H and O–H groups in total. The second kappa shape index (κ2) is 12.4. The number of carbonyl (C=O) groups is 2. The minimum absolute atomic E-state index is 0.0382. The number of nitrogens with one attached hydrogen (secondary N) is 2. The SMILES string of the molecule is O=C(COCc1ccccc1)N[C@H]1CCCC[C@@H]1NC(=O)c1csc(COc2ccccc2F)n1. The number of ether oxygens (including phenoxy) is 2. The summed E-state index contributed by atoms with van der Waals surface area (Å²) in [5.74, 6) is -0.807. The van der Waals surface area contributed by atoms with Crippen molar-refractivity contribution in [3.05, 3.63) is 82.1 Å². The van der Waals surface area contributed by atoms with Crippen molar-refractivity contribution in [1.29, 1.82) is 0 Å². The summed E-state index contributed by atoms with van der Waals surface area (Å²) in [6, 6.07) is 15.5. The zero-order chi connectivity index (χ0) is 24.5. The molecule has 3 aromatic rings. The van der Waals surface area contributed by atoms with E-state index >= 15 is 0 Å². The van der Waals surface area contributed by atoms with E-state index in [2.05, 4.69) is 15.6 Å². The van der Waals surface area contributed by atoms with Crippen molar-refractivity contribution in [2.24, 2.45) is 0 Å². The van der Waals surface area contributed by atoms with Gasteiger partial charge >= 0.3 is 0 Å². The van der Waals surface area contributed by atoms with Gasteiger partial charge in [-0.2, -0.15) is 0 Å². The Hall–Kier alpha value is -3.30. The average molecular weight is 498 g/mol. The Bertz CT molecular complexity index is 1120. The van der Waals surface area contributed by atoms with E-state index in [4.69, 9.17) is 9.47 Å². The average Bonchev–Trinajstić information content (AvgIpc) is 3.35. The monoisotopic (exact) mass is 497 g/mol. The van der Waals surface area contributed by atoms with Gasteiger partial charge in [-0.25, -0.2) is 9.37 Å². The summed E-state index contributed by atoms with van der Waals surface area (Å²) < 4.78 is 24.7. The van der Waals surface area contributed by atoms with Crippen LogP contribution in [0.5, 0.6) is 5.75 Å². The summed E-state index contributed by atoms with van der Waals surface area (Å²) in [6.07, 6.45) is 3.51. The van der Waals surface area contributed by atoms with E-state index in [0.717, 1.165) is 31.2 Å². The summed E-state index contributed by atoms with van der Waals surface area (Å²) in [6.45, 7) is 0.402. The van der Waals surface area contributed by atoms with Crippen LogP contribution >= 0.6 is 11.3 Å². The lowest BCUT2D eigenvalue weighted by atomic mass is 9.90. The first-order chi connectivity index (χ1) is 17.1. The number of halogens is 1. The highest BCUT2D eigenvalue weighted by Crippen LogP contribution is 2.21. The summed E-state index contributed by atoms with van der Waals surface area (Å²) in [4.78, 5) is 29.6. The van der Waals surface area contributed by atoms with Gasteiger partial charge in [-0.3, -0.25) is 9.59 Å². The van der Waals surface area contributed by atoms with Gasteiger partial charge in [-0.15, -0.1) is 11.3 Å².